The van der Waals surface area contributed by atoms with Crippen LogP contribution >= 0.6 is 0 Å². The summed E-state index contributed by atoms with van der Waals surface area (Å²) in [5.74, 6) is -0.752. The molecule has 9 heteroatoms. The van der Waals surface area contributed by atoms with E-state index in [9.17, 15) is 14.0 Å². The molecule has 0 spiro atoms. The number of ether oxygens (including phenoxy) is 3. The van der Waals surface area contributed by atoms with Gasteiger partial charge >= 0.3 is 11.9 Å². The van der Waals surface area contributed by atoms with Crippen LogP contribution in [0.5, 0.6) is 17.2 Å². The summed E-state index contributed by atoms with van der Waals surface area (Å²) in [6, 6.07) is 10.0. The second kappa shape index (κ2) is 11.6. The van der Waals surface area contributed by atoms with E-state index in [1.807, 2.05) is 12.1 Å². The first kappa shape index (κ1) is 23.7. The predicted molar refractivity (Wildman–Crippen MR) is 110 cm³/mol. The summed E-state index contributed by atoms with van der Waals surface area (Å²) < 4.78 is 29.9. The van der Waals surface area contributed by atoms with Gasteiger partial charge in [-0.3, -0.25) is 0 Å². The number of rotatable bonds is 6. The standard InChI is InChI=1S/C18H20FNO3.C4H4O4/c1-21-16-9-12-7-8-20-11-18(15(12)10-17(16)22-2)23-14-5-3-13(19)4-6-14;5-3(6)1-2-4(7)8/h3-6,9-10,18,20H,7-8,11H2,1-2H3;1-2H,(H,5,6)(H,7,8). The molecule has 0 aromatic heterocycles. The molecule has 0 amide bonds. The summed E-state index contributed by atoms with van der Waals surface area (Å²) in [7, 11) is 3.25. The van der Waals surface area contributed by atoms with Gasteiger partial charge in [0.25, 0.3) is 0 Å². The monoisotopic (exact) mass is 433 g/mol. The Kier molecular flexibility index (Phi) is 8.83. The van der Waals surface area contributed by atoms with Crippen molar-refractivity contribution in [2.45, 2.75) is 12.5 Å². The van der Waals surface area contributed by atoms with Gasteiger partial charge in [-0.25, -0.2) is 14.0 Å². The van der Waals surface area contributed by atoms with Gasteiger partial charge in [0, 0.05) is 24.3 Å². The van der Waals surface area contributed by atoms with Gasteiger partial charge < -0.3 is 29.7 Å². The van der Waals surface area contributed by atoms with Crippen LogP contribution < -0.4 is 19.5 Å². The second-order valence-corrected chi connectivity index (χ2v) is 6.43. The van der Waals surface area contributed by atoms with Crippen molar-refractivity contribution in [3.8, 4) is 17.2 Å². The zero-order chi connectivity index (χ0) is 22.8. The molecule has 0 fully saturated rings. The lowest BCUT2D eigenvalue weighted by molar-refractivity contribution is -0.134. The van der Waals surface area contributed by atoms with Gasteiger partial charge in [-0.2, -0.15) is 0 Å². The minimum Gasteiger partial charge on any atom is -0.493 e. The fraction of sp³-hybridized carbons (Fsp3) is 0.273. The first-order valence-corrected chi connectivity index (χ1v) is 9.35. The van der Waals surface area contributed by atoms with Crippen LogP contribution in [0.1, 0.15) is 17.2 Å². The fourth-order valence-electron chi connectivity index (χ4n) is 2.94. The van der Waals surface area contributed by atoms with Gasteiger partial charge in [0.2, 0.25) is 0 Å². The highest BCUT2D eigenvalue weighted by atomic mass is 19.1. The van der Waals surface area contributed by atoms with E-state index in [1.165, 1.54) is 17.7 Å². The van der Waals surface area contributed by atoms with Crippen LogP contribution in [0, 0.1) is 5.82 Å². The molecule has 0 saturated heterocycles. The molecule has 1 unspecified atom stereocenters. The lowest BCUT2D eigenvalue weighted by atomic mass is 10.00. The Morgan fingerprint density at radius 3 is 2.16 bits per heavy atom. The van der Waals surface area contributed by atoms with E-state index in [0.29, 0.717) is 35.9 Å². The largest absolute Gasteiger partial charge is 0.493 e. The predicted octanol–water partition coefficient (Wildman–Crippen LogP) is 2.82. The Bertz CT molecular complexity index is 912. The van der Waals surface area contributed by atoms with Crippen LogP contribution in [0.25, 0.3) is 0 Å². The third-order valence-corrected chi connectivity index (χ3v) is 4.35. The van der Waals surface area contributed by atoms with Gasteiger partial charge in [0.1, 0.15) is 17.7 Å². The zero-order valence-corrected chi connectivity index (χ0v) is 17.1. The molecule has 3 rings (SSSR count). The molecule has 0 radical (unpaired) electrons. The Hall–Kier alpha value is -3.59. The van der Waals surface area contributed by atoms with Gasteiger partial charge in [-0.15, -0.1) is 0 Å². The van der Waals surface area contributed by atoms with Crippen molar-refractivity contribution in [2.24, 2.45) is 0 Å². The number of fused-ring (bicyclic) bond motifs is 1. The maximum absolute atomic E-state index is 13.1. The summed E-state index contributed by atoms with van der Waals surface area (Å²) in [4.78, 5) is 19.1. The maximum atomic E-state index is 13.1. The van der Waals surface area contributed by atoms with E-state index in [4.69, 9.17) is 24.4 Å². The molecule has 1 heterocycles. The molecule has 1 aliphatic heterocycles. The van der Waals surface area contributed by atoms with E-state index >= 15 is 0 Å². The van der Waals surface area contributed by atoms with Crippen LogP contribution in [0.4, 0.5) is 4.39 Å². The van der Waals surface area contributed by atoms with Gasteiger partial charge in [-0.05, 0) is 54.9 Å². The van der Waals surface area contributed by atoms with Crippen molar-refractivity contribution in [1.29, 1.82) is 0 Å². The topological polar surface area (TPSA) is 114 Å². The van der Waals surface area contributed by atoms with Crippen molar-refractivity contribution < 1.29 is 38.4 Å². The SMILES string of the molecule is COc1cc2c(cc1OC)C(Oc1ccc(F)cc1)CNCC2.O=C(O)C=CC(=O)O. The van der Waals surface area contributed by atoms with Gasteiger partial charge in [-0.1, -0.05) is 0 Å². The molecule has 1 aliphatic rings. The van der Waals surface area contributed by atoms with Crippen molar-refractivity contribution in [1.82, 2.24) is 5.32 Å². The third-order valence-electron chi connectivity index (χ3n) is 4.35. The van der Waals surface area contributed by atoms with Crippen LogP contribution in [0.3, 0.4) is 0 Å². The van der Waals surface area contributed by atoms with E-state index in [0.717, 1.165) is 18.5 Å². The Morgan fingerprint density at radius 2 is 1.61 bits per heavy atom. The minimum absolute atomic E-state index is 0.169. The van der Waals surface area contributed by atoms with Crippen molar-refractivity contribution in [3.63, 3.8) is 0 Å². The Morgan fingerprint density at radius 1 is 1.03 bits per heavy atom. The number of nitrogens with one attached hydrogen (secondary N) is 1. The maximum Gasteiger partial charge on any atom is 0.328 e. The molecule has 166 valence electrons. The zero-order valence-electron chi connectivity index (χ0n) is 17.1. The van der Waals surface area contributed by atoms with Gasteiger partial charge in [0.15, 0.2) is 11.5 Å². The van der Waals surface area contributed by atoms with E-state index in [1.54, 1.807) is 26.4 Å². The molecule has 3 N–H and O–H groups in total. The first-order valence-electron chi connectivity index (χ1n) is 9.35. The smallest absolute Gasteiger partial charge is 0.328 e. The highest BCUT2D eigenvalue weighted by molar-refractivity contribution is 5.89. The molecule has 0 bridgehead atoms. The molecule has 8 nitrogen and oxygen atoms in total. The number of aliphatic carboxylic acids is 2. The summed E-state index contributed by atoms with van der Waals surface area (Å²) in [5, 5.41) is 19.0. The Balaban J connectivity index is 0.000000366. The molecular formula is C22H24FNO7. The summed E-state index contributed by atoms with van der Waals surface area (Å²) in [6.07, 6.45) is 1.83. The summed E-state index contributed by atoms with van der Waals surface area (Å²) >= 11 is 0. The molecule has 1 atom stereocenters. The van der Waals surface area contributed by atoms with E-state index < -0.39 is 11.9 Å². The average Bonchev–Trinajstić information content (AvgIpc) is 2.95. The van der Waals surface area contributed by atoms with Crippen LogP contribution in [-0.2, 0) is 16.0 Å². The molecular weight excluding hydrogens is 409 g/mol. The highest BCUT2D eigenvalue weighted by Crippen LogP contribution is 2.35. The molecule has 0 saturated carbocycles. The second-order valence-electron chi connectivity index (χ2n) is 6.43. The lowest BCUT2D eigenvalue weighted by Gasteiger charge is -2.21. The molecule has 31 heavy (non-hydrogen) atoms. The summed E-state index contributed by atoms with van der Waals surface area (Å²) in [6.45, 7) is 1.55. The lowest BCUT2D eigenvalue weighted by Crippen LogP contribution is -2.23. The molecule has 2 aromatic carbocycles. The number of carboxylic acids is 2. The third kappa shape index (κ3) is 7.31. The molecule has 0 aliphatic carbocycles. The van der Waals surface area contributed by atoms with E-state index in [-0.39, 0.29) is 11.9 Å². The number of carbonyl (C=O) groups is 2. The highest BCUT2D eigenvalue weighted by Gasteiger charge is 2.23. The number of halogens is 1. The van der Waals surface area contributed by atoms with E-state index in [2.05, 4.69) is 5.32 Å². The summed E-state index contributed by atoms with van der Waals surface area (Å²) in [5.41, 5.74) is 2.23. The van der Waals surface area contributed by atoms with Crippen LogP contribution in [0.2, 0.25) is 0 Å². The van der Waals surface area contributed by atoms with Crippen molar-refractivity contribution in [2.75, 3.05) is 27.3 Å². The average molecular weight is 433 g/mol. The fourth-order valence-corrected chi connectivity index (χ4v) is 2.94. The molecule has 2 aromatic rings. The van der Waals surface area contributed by atoms with Crippen molar-refractivity contribution in [3.05, 3.63) is 65.5 Å². The number of carboxylic acid groups (broad SMARTS) is 2. The van der Waals surface area contributed by atoms with Crippen LogP contribution in [-0.4, -0.2) is 49.5 Å². The number of hydrogen-bond acceptors (Lipinski definition) is 6. The Labute approximate surface area is 178 Å². The number of hydrogen-bond donors (Lipinski definition) is 3. The quantitative estimate of drug-likeness (QED) is 0.596. The van der Waals surface area contributed by atoms with Crippen LogP contribution in [0.15, 0.2) is 48.6 Å². The minimum atomic E-state index is -1.26. The van der Waals surface area contributed by atoms with Crippen molar-refractivity contribution >= 4 is 11.9 Å². The first-order chi connectivity index (χ1) is 14.8. The van der Waals surface area contributed by atoms with Gasteiger partial charge in [0.05, 0.1) is 14.2 Å². The normalized spacial score (nSPS) is 15.1. The number of benzene rings is 2. The number of methoxy groups -OCH3 is 2.